The lowest BCUT2D eigenvalue weighted by Crippen LogP contribution is -2.21. The van der Waals surface area contributed by atoms with E-state index >= 15 is 0 Å². The molecule has 0 bridgehead atoms. The molecule has 5 heteroatoms. The van der Waals surface area contributed by atoms with Crippen LogP contribution >= 0.6 is 0 Å². The highest BCUT2D eigenvalue weighted by Gasteiger charge is 2.39. The third-order valence-corrected chi connectivity index (χ3v) is 11.7. The van der Waals surface area contributed by atoms with E-state index in [1.165, 1.54) is 27.7 Å². The lowest BCUT2D eigenvalue weighted by atomic mass is 9.76. The maximum absolute atomic E-state index is 6.52. The van der Waals surface area contributed by atoms with E-state index in [0.717, 1.165) is 66.1 Å². The van der Waals surface area contributed by atoms with Crippen molar-refractivity contribution in [1.82, 2.24) is 15.0 Å². The average Bonchev–Trinajstić information content (AvgIpc) is 3.87. The zero-order valence-corrected chi connectivity index (χ0v) is 31.2. The van der Waals surface area contributed by atoms with Crippen LogP contribution in [0.15, 0.2) is 192 Å². The van der Waals surface area contributed by atoms with Crippen molar-refractivity contribution in [2.75, 3.05) is 0 Å². The van der Waals surface area contributed by atoms with Gasteiger partial charge in [0, 0.05) is 27.5 Å². The second-order valence-corrected chi connectivity index (χ2v) is 15.0. The minimum atomic E-state index is -0.0779. The predicted molar refractivity (Wildman–Crippen MR) is 234 cm³/mol. The summed E-state index contributed by atoms with van der Waals surface area (Å²) in [6.07, 6.45) is 4.35. The van der Waals surface area contributed by atoms with Crippen LogP contribution in [-0.2, 0) is 0 Å². The molecular weight excluding hydrogens is 711 g/mol. The molecule has 1 aliphatic carbocycles. The SMILES string of the molecule is C1=CC2Oc3ccccc3C2C(c2ccc(-c3nc(-c4cc5ccccc5c5ccccc45)nc(-c4cccc5c4oc4ccccc45)n3)cc2)=C1c1ccccc1. The molecule has 0 fully saturated rings. The molecule has 2 unspecified atom stereocenters. The molecule has 1 aliphatic heterocycles. The zero-order chi connectivity index (χ0) is 38.2. The van der Waals surface area contributed by atoms with E-state index in [0.29, 0.717) is 17.5 Å². The molecule has 58 heavy (non-hydrogen) atoms. The van der Waals surface area contributed by atoms with Gasteiger partial charge in [-0.1, -0.05) is 158 Å². The fraction of sp³-hybridized carbons (Fsp3) is 0.0377. The number of fused-ring (bicyclic) bond motifs is 9. The van der Waals surface area contributed by atoms with Crippen molar-refractivity contribution in [3.8, 4) is 39.9 Å². The fourth-order valence-corrected chi connectivity index (χ4v) is 9.07. The number of benzene rings is 8. The number of rotatable bonds is 5. The monoisotopic (exact) mass is 743 g/mol. The van der Waals surface area contributed by atoms with Gasteiger partial charge >= 0.3 is 0 Å². The van der Waals surface area contributed by atoms with E-state index in [9.17, 15) is 0 Å². The van der Waals surface area contributed by atoms with Gasteiger partial charge in [-0.3, -0.25) is 0 Å². The molecule has 0 radical (unpaired) electrons. The number of aromatic nitrogens is 3. The third kappa shape index (κ3) is 5.14. The van der Waals surface area contributed by atoms with Crippen LogP contribution in [-0.4, -0.2) is 21.1 Å². The van der Waals surface area contributed by atoms with E-state index in [1.807, 2.05) is 30.3 Å². The molecule has 5 nitrogen and oxygen atoms in total. The van der Waals surface area contributed by atoms with Crippen LogP contribution in [0, 0.1) is 0 Å². The first-order valence-corrected chi connectivity index (χ1v) is 19.7. The predicted octanol–water partition coefficient (Wildman–Crippen LogP) is 13.1. The van der Waals surface area contributed by atoms with Gasteiger partial charge in [0.15, 0.2) is 17.5 Å². The van der Waals surface area contributed by atoms with Crippen LogP contribution < -0.4 is 4.74 Å². The fourth-order valence-electron chi connectivity index (χ4n) is 9.07. The normalized spacial score (nSPS) is 15.9. The van der Waals surface area contributed by atoms with Crippen molar-refractivity contribution in [3.05, 3.63) is 205 Å². The summed E-state index contributed by atoms with van der Waals surface area (Å²) in [5, 5.41) is 6.64. The van der Waals surface area contributed by atoms with Crippen molar-refractivity contribution in [1.29, 1.82) is 0 Å². The van der Waals surface area contributed by atoms with E-state index in [4.69, 9.17) is 24.1 Å². The van der Waals surface area contributed by atoms with Crippen LogP contribution in [0.3, 0.4) is 0 Å². The van der Waals surface area contributed by atoms with E-state index in [1.54, 1.807) is 0 Å². The highest BCUT2D eigenvalue weighted by Crippen LogP contribution is 2.51. The molecule has 10 aromatic rings. The summed E-state index contributed by atoms with van der Waals surface area (Å²) in [5.74, 6) is 2.75. The van der Waals surface area contributed by atoms with Crippen molar-refractivity contribution in [2.45, 2.75) is 12.0 Å². The topological polar surface area (TPSA) is 61.0 Å². The Labute approximate surface area is 334 Å². The molecule has 8 aromatic carbocycles. The quantitative estimate of drug-likeness (QED) is 0.164. The molecule has 3 heterocycles. The molecule has 0 spiro atoms. The average molecular weight is 744 g/mol. The van der Waals surface area contributed by atoms with Crippen LogP contribution in [0.2, 0.25) is 0 Å². The summed E-state index contributed by atoms with van der Waals surface area (Å²) in [4.78, 5) is 15.8. The van der Waals surface area contributed by atoms with Crippen molar-refractivity contribution >= 4 is 54.6 Å². The number of nitrogens with zero attached hydrogens (tertiary/aromatic N) is 3. The molecule has 272 valence electrons. The number of para-hydroxylation sites is 3. The molecule has 0 saturated heterocycles. The van der Waals surface area contributed by atoms with E-state index in [-0.39, 0.29) is 12.0 Å². The standard InChI is InChI=1S/C53H33N3O2/c1-2-13-32(14-3-1)37-29-30-47-49(42-20-9-11-24-46(42)57-47)48(37)33-25-27-34(28-26-33)51-54-52(43-22-12-21-41-40-19-8-10-23-45(40)58-50(41)43)56-53(55-51)44-31-35-15-4-5-16-36(35)38-17-6-7-18-39(38)44/h1-31,47,49H. The lowest BCUT2D eigenvalue weighted by molar-refractivity contribution is 0.272. The van der Waals surface area contributed by atoms with Crippen molar-refractivity contribution < 1.29 is 9.15 Å². The summed E-state index contributed by atoms with van der Waals surface area (Å²) in [6, 6.07) is 61.3. The Bertz CT molecular complexity index is 3330. The van der Waals surface area contributed by atoms with Gasteiger partial charge < -0.3 is 9.15 Å². The van der Waals surface area contributed by atoms with Crippen LogP contribution in [0.1, 0.15) is 22.6 Å². The minimum absolute atomic E-state index is 0.0584. The van der Waals surface area contributed by atoms with Gasteiger partial charge in [0.25, 0.3) is 0 Å². The Morgan fingerprint density at radius 2 is 1.10 bits per heavy atom. The Balaban J connectivity index is 1.06. The second kappa shape index (κ2) is 13.0. The van der Waals surface area contributed by atoms with E-state index in [2.05, 4.69) is 158 Å². The van der Waals surface area contributed by atoms with Gasteiger partial charge in [0.05, 0.1) is 11.5 Å². The van der Waals surface area contributed by atoms with Gasteiger partial charge in [-0.25, -0.2) is 15.0 Å². The van der Waals surface area contributed by atoms with Gasteiger partial charge in [-0.05, 0) is 74.2 Å². The Kier molecular flexibility index (Phi) is 7.29. The molecule has 2 aliphatic rings. The maximum Gasteiger partial charge on any atom is 0.167 e. The molecule has 0 amide bonds. The highest BCUT2D eigenvalue weighted by molar-refractivity contribution is 6.13. The molecule has 0 N–H and O–H groups in total. The van der Waals surface area contributed by atoms with Crippen LogP contribution in [0.4, 0.5) is 0 Å². The molecular formula is C53H33N3O2. The van der Waals surface area contributed by atoms with Crippen LogP contribution in [0.5, 0.6) is 5.75 Å². The summed E-state index contributed by atoms with van der Waals surface area (Å²) in [7, 11) is 0. The summed E-state index contributed by atoms with van der Waals surface area (Å²) >= 11 is 0. The largest absolute Gasteiger partial charge is 0.485 e. The first-order chi connectivity index (χ1) is 28.7. The zero-order valence-electron chi connectivity index (χ0n) is 31.2. The van der Waals surface area contributed by atoms with Crippen LogP contribution in [0.25, 0.3) is 88.8 Å². The van der Waals surface area contributed by atoms with Gasteiger partial charge in [0.1, 0.15) is 23.0 Å². The maximum atomic E-state index is 6.52. The van der Waals surface area contributed by atoms with Gasteiger partial charge in [-0.2, -0.15) is 0 Å². The number of allylic oxidation sites excluding steroid dienone is 2. The number of ether oxygens (including phenoxy) is 1. The van der Waals surface area contributed by atoms with Crippen molar-refractivity contribution in [3.63, 3.8) is 0 Å². The Morgan fingerprint density at radius 1 is 0.448 bits per heavy atom. The first kappa shape index (κ1) is 32.6. The summed E-state index contributed by atoms with van der Waals surface area (Å²) in [5.41, 5.74) is 10.2. The molecule has 12 rings (SSSR count). The third-order valence-electron chi connectivity index (χ3n) is 11.7. The highest BCUT2D eigenvalue weighted by atomic mass is 16.5. The summed E-state index contributed by atoms with van der Waals surface area (Å²) < 4.78 is 13.0. The number of furan rings is 1. The van der Waals surface area contributed by atoms with Gasteiger partial charge in [0.2, 0.25) is 0 Å². The minimum Gasteiger partial charge on any atom is -0.485 e. The first-order valence-electron chi connectivity index (χ1n) is 19.7. The number of hydrogen-bond donors (Lipinski definition) is 0. The van der Waals surface area contributed by atoms with Gasteiger partial charge in [-0.15, -0.1) is 0 Å². The Morgan fingerprint density at radius 3 is 1.97 bits per heavy atom. The smallest absolute Gasteiger partial charge is 0.167 e. The van der Waals surface area contributed by atoms with Crippen molar-refractivity contribution in [2.24, 2.45) is 0 Å². The molecule has 0 saturated carbocycles. The second-order valence-electron chi connectivity index (χ2n) is 15.0. The summed E-state index contributed by atoms with van der Waals surface area (Å²) in [6.45, 7) is 0. The number of hydrogen-bond acceptors (Lipinski definition) is 5. The van der Waals surface area contributed by atoms with E-state index < -0.39 is 0 Å². The lowest BCUT2D eigenvalue weighted by Gasteiger charge is -2.27. The molecule has 2 atom stereocenters. The Hall–Kier alpha value is -7.63. The molecule has 2 aromatic heterocycles.